The average molecular weight is 242 g/mol. The molecule has 1 aliphatic heterocycles. The molecule has 1 saturated heterocycles. The third-order valence-electron chi connectivity index (χ3n) is 3.48. The lowest BCUT2D eigenvalue weighted by Crippen LogP contribution is -2.35. The number of nitrogens with zero attached hydrogens (tertiary/aromatic N) is 1. The fourth-order valence-corrected chi connectivity index (χ4v) is 2.44. The highest BCUT2D eigenvalue weighted by Crippen LogP contribution is 2.49. The Morgan fingerprint density at radius 3 is 2.81 bits per heavy atom. The topological polar surface area (TPSA) is 49.4 Å². The van der Waals surface area contributed by atoms with Crippen LogP contribution in [0, 0.1) is 5.41 Å². The van der Waals surface area contributed by atoms with Crippen molar-refractivity contribution in [3.8, 4) is 0 Å². The van der Waals surface area contributed by atoms with E-state index in [2.05, 4.69) is 17.9 Å². The number of amides is 2. The lowest BCUT2D eigenvalue weighted by Gasteiger charge is -2.22. The van der Waals surface area contributed by atoms with E-state index in [9.17, 15) is 9.59 Å². The first-order valence-electron chi connectivity index (χ1n) is 5.81. The van der Waals surface area contributed by atoms with E-state index in [0.717, 1.165) is 18.6 Å². The van der Waals surface area contributed by atoms with E-state index in [-0.39, 0.29) is 17.2 Å². The van der Waals surface area contributed by atoms with Crippen LogP contribution in [-0.4, -0.2) is 42.1 Å². The minimum Gasteiger partial charge on any atom is -0.354 e. The maximum absolute atomic E-state index is 12.0. The van der Waals surface area contributed by atoms with Crippen molar-refractivity contribution in [2.45, 2.75) is 25.7 Å². The van der Waals surface area contributed by atoms with Crippen molar-refractivity contribution in [2.75, 3.05) is 25.4 Å². The van der Waals surface area contributed by atoms with Gasteiger partial charge in [-0.2, -0.15) is 12.6 Å². The Kier molecular flexibility index (Phi) is 3.42. The van der Waals surface area contributed by atoms with Gasteiger partial charge in [-0.1, -0.05) is 0 Å². The summed E-state index contributed by atoms with van der Waals surface area (Å²) < 4.78 is 0. The molecule has 1 saturated carbocycles. The second kappa shape index (κ2) is 4.65. The number of thiol groups is 1. The highest BCUT2D eigenvalue weighted by Gasteiger charge is 2.43. The summed E-state index contributed by atoms with van der Waals surface area (Å²) >= 11 is 4.30. The summed E-state index contributed by atoms with van der Waals surface area (Å²) in [5, 5.41) is 2.77. The van der Waals surface area contributed by atoms with Crippen LogP contribution in [0.15, 0.2) is 0 Å². The lowest BCUT2D eigenvalue weighted by atomic mass is 10.0. The predicted octanol–water partition coefficient (Wildman–Crippen LogP) is 0.435. The molecule has 0 unspecified atom stereocenters. The Hall–Kier alpha value is -0.710. The van der Waals surface area contributed by atoms with Gasteiger partial charge in [0.05, 0.1) is 0 Å². The smallest absolute Gasteiger partial charge is 0.223 e. The summed E-state index contributed by atoms with van der Waals surface area (Å²) in [6, 6.07) is 0. The van der Waals surface area contributed by atoms with Crippen molar-refractivity contribution in [3.05, 3.63) is 0 Å². The molecule has 1 heterocycles. The third kappa shape index (κ3) is 2.70. The zero-order chi connectivity index (χ0) is 11.6. The van der Waals surface area contributed by atoms with E-state index in [1.54, 1.807) is 4.90 Å². The van der Waals surface area contributed by atoms with Crippen LogP contribution in [0.4, 0.5) is 0 Å². The highest BCUT2D eigenvalue weighted by molar-refractivity contribution is 7.80. The Balaban J connectivity index is 1.86. The van der Waals surface area contributed by atoms with Crippen LogP contribution in [0.3, 0.4) is 0 Å². The number of hydrogen-bond acceptors (Lipinski definition) is 3. The van der Waals surface area contributed by atoms with Crippen LogP contribution < -0.4 is 5.32 Å². The molecule has 2 rings (SSSR count). The maximum Gasteiger partial charge on any atom is 0.223 e. The first kappa shape index (κ1) is 11.8. The molecule has 2 amide bonds. The molecule has 0 spiro atoms. The Morgan fingerprint density at radius 1 is 1.44 bits per heavy atom. The molecular weight excluding hydrogens is 224 g/mol. The van der Waals surface area contributed by atoms with Gasteiger partial charge in [-0.25, -0.2) is 0 Å². The minimum absolute atomic E-state index is 0.0469. The molecule has 0 aromatic carbocycles. The molecule has 0 atom stereocenters. The molecule has 0 radical (unpaired) electrons. The fourth-order valence-electron chi connectivity index (χ4n) is 2.02. The molecule has 0 aromatic heterocycles. The van der Waals surface area contributed by atoms with Gasteiger partial charge in [0.25, 0.3) is 0 Å². The molecule has 2 fully saturated rings. The molecule has 5 heteroatoms. The lowest BCUT2D eigenvalue weighted by molar-refractivity contribution is -0.132. The fraction of sp³-hybridized carbons (Fsp3) is 0.818. The second-order valence-electron chi connectivity index (χ2n) is 4.82. The Morgan fingerprint density at radius 2 is 2.19 bits per heavy atom. The van der Waals surface area contributed by atoms with Crippen molar-refractivity contribution < 1.29 is 9.59 Å². The normalized spacial score (nSPS) is 23.6. The van der Waals surface area contributed by atoms with Crippen LogP contribution in [0.2, 0.25) is 0 Å². The first-order valence-corrected chi connectivity index (χ1v) is 6.44. The summed E-state index contributed by atoms with van der Waals surface area (Å²) in [6.45, 7) is 1.79. The molecule has 4 nitrogen and oxygen atoms in total. The second-order valence-corrected chi connectivity index (χ2v) is 5.13. The van der Waals surface area contributed by atoms with Gasteiger partial charge < -0.3 is 10.2 Å². The molecule has 0 bridgehead atoms. The van der Waals surface area contributed by atoms with Gasteiger partial charge in [-0.3, -0.25) is 9.59 Å². The molecule has 2 aliphatic rings. The van der Waals surface area contributed by atoms with Crippen molar-refractivity contribution in [1.29, 1.82) is 0 Å². The number of carbonyl (C=O) groups excluding carboxylic acids is 2. The minimum atomic E-state index is 0.0469. The largest absolute Gasteiger partial charge is 0.354 e. The summed E-state index contributed by atoms with van der Waals surface area (Å²) in [6.07, 6.45) is 3.27. The predicted molar refractivity (Wildman–Crippen MR) is 64.3 cm³/mol. The van der Waals surface area contributed by atoms with Crippen molar-refractivity contribution in [1.82, 2.24) is 10.2 Å². The van der Waals surface area contributed by atoms with E-state index < -0.39 is 0 Å². The van der Waals surface area contributed by atoms with Gasteiger partial charge in [0.2, 0.25) is 11.8 Å². The molecule has 16 heavy (non-hydrogen) atoms. The number of carbonyl (C=O) groups is 2. The van der Waals surface area contributed by atoms with Gasteiger partial charge in [-0.15, -0.1) is 0 Å². The molecule has 0 aromatic rings. The van der Waals surface area contributed by atoms with Gasteiger partial charge in [-0.05, 0) is 24.0 Å². The Bertz CT molecular complexity index is 302. The van der Waals surface area contributed by atoms with Crippen molar-refractivity contribution >= 4 is 24.4 Å². The van der Waals surface area contributed by atoms with Gasteiger partial charge in [0, 0.05) is 32.5 Å². The standard InChI is InChI=1S/C11H18N2O2S/c14-9-1-5-13(6-4-12-9)10(15)7-11(8-16)2-3-11/h16H,1-8H2,(H,12,14). The summed E-state index contributed by atoms with van der Waals surface area (Å²) in [4.78, 5) is 25.0. The third-order valence-corrected chi connectivity index (χ3v) is 4.15. The van der Waals surface area contributed by atoms with Crippen LogP contribution in [0.1, 0.15) is 25.7 Å². The molecule has 90 valence electrons. The summed E-state index contributed by atoms with van der Waals surface area (Å²) in [5.74, 6) is 1.03. The van der Waals surface area contributed by atoms with E-state index in [4.69, 9.17) is 0 Å². The molecule has 1 N–H and O–H groups in total. The quantitative estimate of drug-likeness (QED) is 0.705. The number of nitrogens with one attached hydrogen (secondary N) is 1. The van der Waals surface area contributed by atoms with E-state index in [1.165, 1.54) is 0 Å². The zero-order valence-electron chi connectivity index (χ0n) is 9.37. The summed E-state index contributed by atoms with van der Waals surface area (Å²) in [5.41, 5.74) is 0.171. The SMILES string of the molecule is O=C1CCN(C(=O)CC2(CS)CC2)CCN1. The zero-order valence-corrected chi connectivity index (χ0v) is 10.3. The first-order chi connectivity index (χ1) is 7.65. The molecular formula is C11H18N2O2S. The van der Waals surface area contributed by atoms with Crippen molar-refractivity contribution in [3.63, 3.8) is 0 Å². The van der Waals surface area contributed by atoms with Crippen LogP contribution in [0.5, 0.6) is 0 Å². The maximum atomic E-state index is 12.0. The monoisotopic (exact) mass is 242 g/mol. The van der Waals surface area contributed by atoms with Crippen LogP contribution in [-0.2, 0) is 9.59 Å². The van der Waals surface area contributed by atoms with E-state index in [1.807, 2.05) is 0 Å². The van der Waals surface area contributed by atoms with Crippen LogP contribution in [0.25, 0.3) is 0 Å². The average Bonchev–Trinajstić information content (AvgIpc) is 3.04. The Labute approximate surface area is 101 Å². The van der Waals surface area contributed by atoms with E-state index >= 15 is 0 Å². The van der Waals surface area contributed by atoms with Crippen LogP contribution >= 0.6 is 12.6 Å². The van der Waals surface area contributed by atoms with Gasteiger partial charge in [0.15, 0.2) is 0 Å². The van der Waals surface area contributed by atoms with Gasteiger partial charge in [0.1, 0.15) is 0 Å². The number of hydrogen-bond donors (Lipinski definition) is 2. The van der Waals surface area contributed by atoms with Gasteiger partial charge >= 0.3 is 0 Å². The number of rotatable bonds is 3. The molecule has 1 aliphatic carbocycles. The highest BCUT2D eigenvalue weighted by atomic mass is 32.1. The van der Waals surface area contributed by atoms with E-state index in [0.29, 0.717) is 32.5 Å². The summed E-state index contributed by atoms with van der Waals surface area (Å²) in [7, 11) is 0. The van der Waals surface area contributed by atoms with Crippen molar-refractivity contribution in [2.24, 2.45) is 5.41 Å².